The van der Waals surface area contributed by atoms with Gasteiger partial charge in [-0.1, -0.05) is 12.5 Å². The van der Waals surface area contributed by atoms with Crippen molar-refractivity contribution < 1.29 is 27.8 Å². The van der Waals surface area contributed by atoms with Crippen LogP contribution in [0.3, 0.4) is 0 Å². The van der Waals surface area contributed by atoms with Crippen LogP contribution in [0, 0.1) is 5.82 Å². The van der Waals surface area contributed by atoms with Crippen LogP contribution in [0.5, 0.6) is 5.75 Å². The average Bonchev–Trinajstić information content (AvgIpc) is 2.34. The lowest BCUT2D eigenvalue weighted by atomic mass is 9.80. The van der Waals surface area contributed by atoms with Crippen LogP contribution < -0.4 is 22.9 Å². The summed E-state index contributed by atoms with van der Waals surface area (Å²) in [6.07, 6.45) is 2.45. The van der Waals surface area contributed by atoms with Crippen molar-refractivity contribution in [3.05, 3.63) is 29.6 Å². The molecule has 18 heavy (non-hydrogen) atoms. The van der Waals surface area contributed by atoms with Gasteiger partial charge >= 0.3 is 1.43 Å². The van der Waals surface area contributed by atoms with Crippen LogP contribution in [-0.4, -0.2) is 18.9 Å². The third-order valence-electron chi connectivity index (χ3n) is 3.29. The van der Waals surface area contributed by atoms with E-state index in [0.717, 1.165) is 24.8 Å². The van der Waals surface area contributed by atoms with Crippen molar-refractivity contribution in [3.8, 4) is 5.75 Å². The van der Waals surface area contributed by atoms with E-state index >= 15 is 0 Å². The minimum atomic E-state index is -0.413. The summed E-state index contributed by atoms with van der Waals surface area (Å²) in [5, 5.41) is 0. The number of Topliss-reactive ketones (excluding diaryl/α,β-unsaturated/α-hetero) is 1. The van der Waals surface area contributed by atoms with Gasteiger partial charge in [-0.2, -0.15) is 0 Å². The van der Waals surface area contributed by atoms with E-state index in [-0.39, 0.29) is 37.3 Å². The molecule has 1 aromatic rings. The Morgan fingerprint density at radius 1 is 1.44 bits per heavy atom. The molecule has 1 fully saturated rings. The molecule has 1 aliphatic rings. The first kappa shape index (κ1) is 14.9. The van der Waals surface area contributed by atoms with Crippen LogP contribution >= 0.6 is 0 Å². The van der Waals surface area contributed by atoms with Gasteiger partial charge in [0.1, 0.15) is 0 Å². The van der Waals surface area contributed by atoms with E-state index < -0.39 is 5.82 Å². The molecule has 2 rings (SSSR count). The number of hydrogen-bond acceptors (Lipinski definition) is 3. The maximum Gasteiger partial charge on any atom is 1.00 e. The summed E-state index contributed by atoms with van der Waals surface area (Å²) in [5.74, 6) is -0.406. The van der Waals surface area contributed by atoms with Gasteiger partial charge in [-0.3, -0.25) is 4.79 Å². The van der Waals surface area contributed by atoms with Crippen LogP contribution in [0.15, 0.2) is 18.2 Å². The molecule has 0 aliphatic heterocycles. The zero-order valence-electron chi connectivity index (χ0n) is 11.2. The number of methoxy groups -OCH3 is 1. The molecule has 0 radical (unpaired) electrons. The third-order valence-corrected chi connectivity index (χ3v) is 3.29. The number of carbonyl (C=O) groups is 1. The number of ether oxygens (including phenoxy) is 1. The number of rotatable bonds is 2. The van der Waals surface area contributed by atoms with Crippen LogP contribution in [0.1, 0.15) is 32.2 Å². The molecule has 0 saturated heterocycles. The van der Waals surface area contributed by atoms with Crippen LogP contribution in [0.25, 0.3) is 0 Å². The van der Waals surface area contributed by atoms with Gasteiger partial charge in [0.15, 0.2) is 17.3 Å². The van der Waals surface area contributed by atoms with Crippen molar-refractivity contribution in [1.82, 2.24) is 0 Å². The second kappa shape index (κ2) is 6.16. The number of hydrogen-bond donors (Lipinski definition) is 1. The van der Waals surface area contributed by atoms with Crippen molar-refractivity contribution in [2.45, 2.75) is 31.2 Å². The molecule has 0 spiro atoms. The number of ketones is 1. The summed E-state index contributed by atoms with van der Waals surface area (Å²) in [6, 6.07) is 4.18. The molecular formula is C13H17ClFNO2. The number of benzene rings is 1. The fraction of sp³-hybridized carbons (Fsp3) is 0.462. The second-order valence-corrected chi connectivity index (χ2v) is 4.39. The quantitative estimate of drug-likeness (QED) is 0.761. The summed E-state index contributed by atoms with van der Waals surface area (Å²) in [6.45, 7) is 0. The van der Waals surface area contributed by atoms with E-state index in [4.69, 9.17) is 10.5 Å². The molecule has 0 amide bonds. The largest absolute Gasteiger partial charge is 1.00 e. The summed E-state index contributed by atoms with van der Waals surface area (Å²) in [4.78, 5) is 12.0. The Morgan fingerprint density at radius 2 is 2.17 bits per heavy atom. The van der Waals surface area contributed by atoms with Crippen LogP contribution in [-0.2, 0) is 4.79 Å². The van der Waals surface area contributed by atoms with E-state index in [2.05, 4.69) is 0 Å². The van der Waals surface area contributed by atoms with Gasteiger partial charge in [0.05, 0.1) is 13.2 Å². The Bertz CT molecular complexity index is 445. The van der Waals surface area contributed by atoms with Gasteiger partial charge in [0.2, 0.25) is 0 Å². The average molecular weight is 274 g/mol. The van der Waals surface area contributed by atoms with Crippen LogP contribution in [0.2, 0.25) is 0 Å². The molecule has 0 aromatic heterocycles. The molecule has 1 aromatic carbocycles. The first-order valence-corrected chi connectivity index (χ1v) is 5.76. The molecular weight excluding hydrogens is 257 g/mol. The predicted octanol–water partition coefficient (Wildman–Crippen LogP) is -0.885. The fourth-order valence-electron chi connectivity index (χ4n) is 2.31. The van der Waals surface area contributed by atoms with Gasteiger partial charge in [0.25, 0.3) is 0 Å². The first-order chi connectivity index (χ1) is 8.13. The molecule has 2 unspecified atom stereocenters. The fourth-order valence-corrected chi connectivity index (χ4v) is 2.31. The van der Waals surface area contributed by atoms with Crippen molar-refractivity contribution in [1.29, 1.82) is 0 Å². The second-order valence-electron chi connectivity index (χ2n) is 4.39. The molecule has 2 atom stereocenters. The lowest BCUT2D eigenvalue weighted by Crippen LogP contribution is -3.00. The molecule has 0 heterocycles. The minimum Gasteiger partial charge on any atom is -1.00 e. The minimum absolute atomic E-state index is 0. The first-order valence-electron chi connectivity index (χ1n) is 5.76. The van der Waals surface area contributed by atoms with Crippen molar-refractivity contribution in [2.24, 2.45) is 5.73 Å². The van der Waals surface area contributed by atoms with Crippen molar-refractivity contribution in [2.75, 3.05) is 7.11 Å². The highest BCUT2D eigenvalue weighted by Crippen LogP contribution is 2.32. The highest BCUT2D eigenvalue weighted by atomic mass is 35.5. The zero-order valence-corrected chi connectivity index (χ0v) is 10.9. The Kier molecular flexibility index (Phi) is 5.11. The molecule has 3 nitrogen and oxygen atoms in total. The molecule has 5 heteroatoms. The molecule has 2 N–H and O–H groups in total. The summed E-state index contributed by atoms with van der Waals surface area (Å²) in [5.41, 5.74) is 6.55. The smallest absolute Gasteiger partial charge is 1.00 e. The Hall–Kier alpha value is -1.13. The van der Waals surface area contributed by atoms with E-state index in [1.807, 2.05) is 0 Å². The maximum absolute atomic E-state index is 13.3. The third kappa shape index (κ3) is 2.82. The van der Waals surface area contributed by atoms with Crippen LogP contribution in [0.4, 0.5) is 4.39 Å². The zero-order chi connectivity index (χ0) is 12.4. The summed E-state index contributed by atoms with van der Waals surface area (Å²) in [7, 11) is 1.41. The molecule has 1 saturated carbocycles. The molecule has 100 valence electrons. The molecule has 0 bridgehead atoms. The predicted molar refractivity (Wildman–Crippen MR) is 63.6 cm³/mol. The number of carbonyl (C=O) groups excluding carboxylic acids is 1. The van der Waals surface area contributed by atoms with Crippen molar-refractivity contribution in [3.63, 3.8) is 0 Å². The topological polar surface area (TPSA) is 52.3 Å². The maximum atomic E-state index is 13.3. The monoisotopic (exact) mass is 273 g/mol. The summed E-state index contributed by atoms with van der Waals surface area (Å²) < 4.78 is 18.2. The van der Waals surface area contributed by atoms with Gasteiger partial charge in [-0.05, 0) is 30.5 Å². The lowest BCUT2D eigenvalue weighted by molar-refractivity contribution is -0.123. The standard InChI is InChI=1S/C13H16FNO2.ClH/c1-17-12-7-8(5-6-10(12)14)9-3-2-4-11(15)13(9)16;/h5-7,9,11H,2-4,15H2,1H3;1H. The Morgan fingerprint density at radius 3 is 2.83 bits per heavy atom. The SMILES string of the molecule is COc1cc(C2CCCC(N)C2=O)ccc1F.[Cl-].[H+]. The highest BCUT2D eigenvalue weighted by molar-refractivity contribution is 5.91. The number of nitrogens with two attached hydrogens (primary N) is 1. The van der Waals surface area contributed by atoms with Crippen molar-refractivity contribution >= 4 is 5.78 Å². The van der Waals surface area contributed by atoms with Gasteiger partial charge < -0.3 is 22.9 Å². The normalized spacial score (nSPS) is 23.4. The lowest BCUT2D eigenvalue weighted by Gasteiger charge is -2.25. The Balaban J connectivity index is 0.00000162. The Labute approximate surface area is 113 Å². The van der Waals surface area contributed by atoms with Gasteiger partial charge in [-0.25, -0.2) is 4.39 Å². The van der Waals surface area contributed by atoms with Gasteiger partial charge in [0, 0.05) is 5.92 Å². The van der Waals surface area contributed by atoms with E-state index in [1.54, 1.807) is 12.1 Å². The van der Waals surface area contributed by atoms with E-state index in [0.29, 0.717) is 0 Å². The summed E-state index contributed by atoms with van der Waals surface area (Å²) >= 11 is 0. The van der Waals surface area contributed by atoms with E-state index in [1.165, 1.54) is 13.2 Å². The number of halogens is 2. The highest BCUT2D eigenvalue weighted by Gasteiger charge is 2.30. The molecule has 1 aliphatic carbocycles. The van der Waals surface area contributed by atoms with E-state index in [9.17, 15) is 9.18 Å². The van der Waals surface area contributed by atoms with Gasteiger partial charge in [-0.15, -0.1) is 0 Å².